The van der Waals surface area contributed by atoms with E-state index in [1.807, 2.05) is 18.2 Å². The normalized spacial score (nSPS) is 13.6. The fourth-order valence-corrected chi connectivity index (χ4v) is 1.95. The van der Waals surface area contributed by atoms with E-state index >= 15 is 0 Å². The first-order valence-corrected chi connectivity index (χ1v) is 5.60. The van der Waals surface area contributed by atoms with Crippen LogP contribution in [-0.4, -0.2) is 24.5 Å². The Hall–Kier alpha value is -1.05. The Morgan fingerprint density at radius 1 is 1.18 bits per heavy atom. The second kappa shape index (κ2) is 7.31. The van der Waals surface area contributed by atoms with Crippen molar-refractivity contribution in [3.05, 3.63) is 61.2 Å². The van der Waals surface area contributed by atoms with E-state index < -0.39 is 0 Å². The van der Waals surface area contributed by atoms with Gasteiger partial charge in [0.1, 0.15) is 0 Å². The summed E-state index contributed by atoms with van der Waals surface area (Å²) < 4.78 is 0. The molecular formula is C15H22ClN. The summed E-state index contributed by atoms with van der Waals surface area (Å²) in [5.41, 5.74) is 1.31. The maximum atomic E-state index is 3.98. The van der Waals surface area contributed by atoms with Crippen molar-refractivity contribution >= 4 is 12.4 Å². The summed E-state index contributed by atoms with van der Waals surface area (Å²) in [6, 6.07) is 10.5. The minimum atomic E-state index is -0.0247. The second-order valence-electron chi connectivity index (χ2n) is 4.36. The SMILES string of the molecule is C=CCC(C=C)(Cc1ccccc1)N(C)C.Cl. The Kier molecular flexibility index (Phi) is 6.86. The van der Waals surface area contributed by atoms with Crippen LogP contribution >= 0.6 is 12.4 Å². The first kappa shape index (κ1) is 16.0. The van der Waals surface area contributed by atoms with Gasteiger partial charge in [-0.2, -0.15) is 0 Å². The number of benzene rings is 1. The summed E-state index contributed by atoms with van der Waals surface area (Å²) in [6.45, 7) is 7.82. The minimum Gasteiger partial charge on any atom is -0.300 e. The van der Waals surface area contributed by atoms with Crippen molar-refractivity contribution < 1.29 is 0 Å². The number of rotatable bonds is 6. The summed E-state index contributed by atoms with van der Waals surface area (Å²) in [5, 5.41) is 0. The van der Waals surface area contributed by atoms with Crippen LogP contribution in [0.15, 0.2) is 55.6 Å². The van der Waals surface area contributed by atoms with Gasteiger partial charge in [0, 0.05) is 5.54 Å². The highest BCUT2D eigenvalue weighted by molar-refractivity contribution is 5.85. The molecule has 0 heterocycles. The van der Waals surface area contributed by atoms with Crippen molar-refractivity contribution in [1.29, 1.82) is 0 Å². The van der Waals surface area contributed by atoms with Gasteiger partial charge >= 0.3 is 0 Å². The zero-order chi connectivity index (χ0) is 12.0. The summed E-state index contributed by atoms with van der Waals surface area (Å²) in [7, 11) is 4.18. The Balaban J connectivity index is 0.00000256. The Morgan fingerprint density at radius 2 is 1.76 bits per heavy atom. The second-order valence-corrected chi connectivity index (χ2v) is 4.36. The van der Waals surface area contributed by atoms with E-state index in [9.17, 15) is 0 Å². The Bertz CT molecular complexity index is 345. The molecule has 17 heavy (non-hydrogen) atoms. The molecule has 0 N–H and O–H groups in total. The van der Waals surface area contributed by atoms with Crippen molar-refractivity contribution in [1.82, 2.24) is 4.90 Å². The maximum absolute atomic E-state index is 3.98. The van der Waals surface area contributed by atoms with E-state index in [0.717, 1.165) is 12.8 Å². The van der Waals surface area contributed by atoms with Gasteiger partial charge in [-0.15, -0.1) is 25.6 Å². The van der Waals surface area contributed by atoms with Crippen molar-refractivity contribution in [3.8, 4) is 0 Å². The number of nitrogens with zero attached hydrogens (tertiary/aromatic N) is 1. The van der Waals surface area contributed by atoms with Gasteiger partial charge in [0.25, 0.3) is 0 Å². The predicted molar refractivity (Wildman–Crippen MR) is 78.8 cm³/mol. The van der Waals surface area contributed by atoms with E-state index in [1.165, 1.54) is 5.56 Å². The number of hydrogen-bond donors (Lipinski definition) is 0. The third-order valence-electron chi connectivity index (χ3n) is 3.12. The first-order chi connectivity index (χ1) is 7.64. The summed E-state index contributed by atoms with van der Waals surface area (Å²) in [6.07, 6.45) is 5.88. The number of halogens is 1. The van der Waals surface area contributed by atoms with Gasteiger partial charge in [-0.25, -0.2) is 0 Å². The molecule has 1 atom stereocenters. The molecule has 0 radical (unpaired) electrons. The highest BCUT2D eigenvalue weighted by Crippen LogP contribution is 2.24. The van der Waals surface area contributed by atoms with Gasteiger partial charge in [-0.05, 0) is 32.5 Å². The quantitative estimate of drug-likeness (QED) is 0.697. The standard InChI is InChI=1S/C15H21N.ClH/c1-5-12-15(6-2,16(3)4)13-14-10-8-7-9-11-14;/h5-11H,1-2,12-13H2,3-4H3;1H. The smallest absolute Gasteiger partial charge is 0.0457 e. The minimum absolute atomic E-state index is 0. The topological polar surface area (TPSA) is 3.24 Å². The molecule has 0 aromatic heterocycles. The summed E-state index contributed by atoms with van der Waals surface area (Å²) in [4.78, 5) is 2.22. The van der Waals surface area contributed by atoms with Crippen LogP contribution in [0.3, 0.4) is 0 Å². The molecule has 94 valence electrons. The molecule has 1 rings (SSSR count). The van der Waals surface area contributed by atoms with Gasteiger partial charge in [0.15, 0.2) is 0 Å². The molecule has 1 aromatic carbocycles. The zero-order valence-electron chi connectivity index (χ0n) is 10.7. The van der Waals surface area contributed by atoms with E-state index in [0.29, 0.717) is 0 Å². The van der Waals surface area contributed by atoms with Crippen LogP contribution in [0.25, 0.3) is 0 Å². The lowest BCUT2D eigenvalue weighted by molar-refractivity contribution is 0.209. The molecule has 0 aliphatic rings. The first-order valence-electron chi connectivity index (χ1n) is 5.60. The third kappa shape index (κ3) is 4.03. The number of likely N-dealkylation sites (N-methyl/N-ethyl adjacent to an activating group) is 1. The van der Waals surface area contributed by atoms with Crippen LogP contribution in [-0.2, 0) is 6.42 Å². The van der Waals surface area contributed by atoms with Crippen LogP contribution in [0.2, 0.25) is 0 Å². The monoisotopic (exact) mass is 251 g/mol. The van der Waals surface area contributed by atoms with E-state index in [2.05, 4.69) is 56.4 Å². The molecule has 0 saturated heterocycles. The number of hydrogen-bond acceptors (Lipinski definition) is 1. The van der Waals surface area contributed by atoms with Crippen LogP contribution in [0.4, 0.5) is 0 Å². The lowest BCUT2D eigenvalue weighted by atomic mass is 9.86. The van der Waals surface area contributed by atoms with Crippen molar-refractivity contribution in [3.63, 3.8) is 0 Å². The lowest BCUT2D eigenvalue weighted by Crippen LogP contribution is -2.43. The van der Waals surface area contributed by atoms with Crippen LogP contribution in [0, 0.1) is 0 Å². The molecule has 0 fully saturated rings. The molecule has 0 spiro atoms. The summed E-state index contributed by atoms with van der Waals surface area (Å²) in [5.74, 6) is 0. The van der Waals surface area contributed by atoms with Gasteiger partial charge in [-0.1, -0.05) is 42.5 Å². The predicted octanol–water partition coefficient (Wildman–Crippen LogP) is 3.71. The Labute approximate surface area is 111 Å². The van der Waals surface area contributed by atoms with E-state index in [-0.39, 0.29) is 17.9 Å². The van der Waals surface area contributed by atoms with E-state index in [1.54, 1.807) is 0 Å². The molecule has 0 amide bonds. The fraction of sp³-hybridized carbons (Fsp3) is 0.333. The molecule has 1 nitrogen and oxygen atoms in total. The maximum Gasteiger partial charge on any atom is 0.0457 e. The van der Waals surface area contributed by atoms with Crippen molar-refractivity contribution in [2.45, 2.75) is 18.4 Å². The molecule has 0 saturated carbocycles. The van der Waals surface area contributed by atoms with Gasteiger partial charge < -0.3 is 0 Å². The van der Waals surface area contributed by atoms with Crippen molar-refractivity contribution in [2.75, 3.05) is 14.1 Å². The summed E-state index contributed by atoms with van der Waals surface area (Å²) >= 11 is 0. The van der Waals surface area contributed by atoms with Crippen LogP contribution in [0.5, 0.6) is 0 Å². The van der Waals surface area contributed by atoms with Gasteiger partial charge in [-0.3, -0.25) is 4.90 Å². The van der Waals surface area contributed by atoms with Gasteiger partial charge in [0.2, 0.25) is 0 Å². The lowest BCUT2D eigenvalue weighted by Gasteiger charge is -2.36. The third-order valence-corrected chi connectivity index (χ3v) is 3.12. The van der Waals surface area contributed by atoms with Gasteiger partial charge in [0.05, 0.1) is 0 Å². The molecule has 0 aliphatic heterocycles. The largest absolute Gasteiger partial charge is 0.300 e. The molecular weight excluding hydrogens is 230 g/mol. The van der Waals surface area contributed by atoms with Crippen LogP contribution < -0.4 is 0 Å². The molecule has 0 aliphatic carbocycles. The molecule has 2 heteroatoms. The van der Waals surface area contributed by atoms with Crippen LogP contribution in [0.1, 0.15) is 12.0 Å². The zero-order valence-corrected chi connectivity index (χ0v) is 11.5. The molecule has 1 aromatic rings. The Morgan fingerprint density at radius 3 is 2.18 bits per heavy atom. The molecule has 1 unspecified atom stereocenters. The highest BCUT2D eigenvalue weighted by atomic mass is 35.5. The average Bonchev–Trinajstić information content (AvgIpc) is 2.29. The average molecular weight is 252 g/mol. The molecule has 0 bridgehead atoms. The highest BCUT2D eigenvalue weighted by Gasteiger charge is 2.27. The van der Waals surface area contributed by atoms with E-state index in [4.69, 9.17) is 0 Å². The fourth-order valence-electron chi connectivity index (χ4n) is 1.95. The van der Waals surface area contributed by atoms with Crippen molar-refractivity contribution in [2.24, 2.45) is 0 Å².